The van der Waals surface area contributed by atoms with Gasteiger partial charge in [-0.1, -0.05) is 54.1 Å². The minimum absolute atomic E-state index is 0.188. The summed E-state index contributed by atoms with van der Waals surface area (Å²) >= 11 is 5.74. The molecule has 1 N–H and O–H groups in total. The second kappa shape index (κ2) is 6.85. The van der Waals surface area contributed by atoms with Gasteiger partial charge in [-0.05, 0) is 17.7 Å². The normalized spacial score (nSPS) is 11.3. The zero-order valence-corrected chi connectivity index (χ0v) is 12.7. The van der Waals surface area contributed by atoms with Gasteiger partial charge in [0, 0.05) is 10.6 Å². The molecule has 0 saturated heterocycles. The van der Waals surface area contributed by atoms with Crippen LogP contribution < -0.4 is 4.72 Å². The maximum absolute atomic E-state index is 11.9. The summed E-state index contributed by atoms with van der Waals surface area (Å²) in [6.45, 7) is -0.250. The summed E-state index contributed by atoms with van der Waals surface area (Å²) in [5, 5.41) is 0.545. The van der Waals surface area contributed by atoms with Gasteiger partial charge < -0.3 is 0 Å². The number of halogens is 1. The molecule has 4 nitrogen and oxygen atoms in total. The zero-order valence-electron chi connectivity index (χ0n) is 11.1. The van der Waals surface area contributed by atoms with Gasteiger partial charge in [0.1, 0.15) is 0 Å². The van der Waals surface area contributed by atoms with Crippen LogP contribution in [0, 0.1) is 0 Å². The smallest absolute Gasteiger partial charge is 0.216 e. The van der Waals surface area contributed by atoms with E-state index in [4.69, 9.17) is 11.6 Å². The Balaban J connectivity index is 1.95. The van der Waals surface area contributed by atoms with Crippen molar-refractivity contribution in [2.24, 2.45) is 0 Å². The predicted molar refractivity (Wildman–Crippen MR) is 82.9 cm³/mol. The van der Waals surface area contributed by atoms with E-state index >= 15 is 0 Å². The highest BCUT2D eigenvalue weighted by Gasteiger charge is 2.14. The molecule has 0 bridgehead atoms. The molecule has 0 aliphatic heterocycles. The Morgan fingerprint density at radius 1 is 1.00 bits per heavy atom. The second-order valence-electron chi connectivity index (χ2n) is 4.50. The van der Waals surface area contributed by atoms with E-state index in [0.29, 0.717) is 16.1 Å². The van der Waals surface area contributed by atoms with E-state index in [0.717, 1.165) is 0 Å². The van der Waals surface area contributed by atoms with Gasteiger partial charge in [0.25, 0.3) is 0 Å². The van der Waals surface area contributed by atoms with Crippen LogP contribution in [-0.4, -0.2) is 20.7 Å². The zero-order chi connectivity index (χ0) is 15.3. The van der Waals surface area contributed by atoms with Crippen molar-refractivity contribution in [3.05, 3.63) is 70.7 Å². The third-order valence-electron chi connectivity index (χ3n) is 2.82. The Labute approximate surface area is 128 Å². The van der Waals surface area contributed by atoms with Crippen molar-refractivity contribution in [1.82, 2.24) is 4.72 Å². The van der Waals surface area contributed by atoms with Crippen LogP contribution in [0.1, 0.15) is 15.9 Å². The van der Waals surface area contributed by atoms with Crippen molar-refractivity contribution in [3.63, 3.8) is 0 Å². The van der Waals surface area contributed by atoms with E-state index in [2.05, 4.69) is 4.72 Å². The summed E-state index contributed by atoms with van der Waals surface area (Å²) in [5.41, 5.74) is 1.09. The molecule has 0 fully saturated rings. The summed E-state index contributed by atoms with van der Waals surface area (Å²) in [6.07, 6.45) is 0. The lowest BCUT2D eigenvalue weighted by Gasteiger charge is -2.06. The molecular weight excluding hydrogens is 310 g/mol. The molecule has 2 aromatic rings. The van der Waals surface area contributed by atoms with Gasteiger partial charge in [0.2, 0.25) is 10.0 Å². The van der Waals surface area contributed by atoms with Crippen LogP contribution in [0.3, 0.4) is 0 Å². The topological polar surface area (TPSA) is 63.2 Å². The van der Waals surface area contributed by atoms with Crippen molar-refractivity contribution >= 4 is 27.4 Å². The van der Waals surface area contributed by atoms with Crippen LogP contribution in [0.5, 0.6) is 0 Å². The van der Waals surface area contributed by atoms with E-state index in [1.165, 1.54) is 0 Å². The highest BCUT2D eigenvalue weighted by atomic mass is 35.5. The average Bonchev–Trinajstić information content (AvgIpc) is 2.48. The largest absolute Gasteiger partial charge is 0.293 e. The molecule has 21 heavy (non-hydrogen) atoms. The lowest BCUT2D eigenvalue weighted by molar-refractivity contribution is 0.0997. The van der Waals surface area contributed by atoms with Gasteiger partial charge in [-0.3, -0.25) is 4.79 Å². The standard InChI is InChI=1S/C15H14ClNO3S/c16-14-8-6-12(7-9-14)11-21(19,20)17-10-15(18)13-4-2-1-3-5-13/h1-9,17H,10-11H2. The lowest BCUT2D eigenvalue weighted by atomic mass is 10.1. The first-order valence-corrected chi connectivity index (χ1v) is 8.29. The van der Waals surface area contributed by atoms with Crippen molar-refractivity contribution in [1.29, 1.82) is 0 Å². The molecule has 110 valence electrons. The molecule has 2 aromatic carbocycles. The number of rotatable bonds is 6. The van der Waals surface area contributed by atoms with Crippen LogP contribution >= 0.6 is 11.6 Å². The predicted octanol–water partition coefficient (Wildman–Crippen LogP) is 2.64. The summed E-state index contributed by atoms with van der Waals surface area (Å²) in [6, 6.07) is 15.1. The minimum Gasteiger partial charge on any atom is -0.293 e. The first-order chi connectivity index (χ1) is 9.96. The minimum atomic E-state index is -3.56. The number of hydrogen-bond donors (Lipinski definition) is 1. The summed E-state index contributed by atoms with van der Waals surface area (Å²) < 4.78 is 26.2. The number of sulfonamides is 1. The fourth-order valence-corrected chi connectivity index (χ4v) is 2.96. The molecular formula is C15H14ClNO3S. The van der Waals surface area contributed by atoms with E-state index in [1.54, 1.807) is 54.6 Å². The van der Waals surface area contributed by atoms with Gasteiger partial charge in [-0.25, -0.2) is 13.1 Å². The highest BCUT2D eigenvalue weighted by Crippen LogP contribution is 2.11. The van der Waals surface area contributed by atoms with Crippen molar-refractivity contribution < 1.29 is 13.2 Å². The maximum Gasteiger partial charge on any atom is 0.216 e. The fourth-order valence-electron chi connectivity index (χ4n) is 1.75. The summed E-state index contributed by atoms with van der Waals surface area (Å²) in [4.78, 5) is 11.8. The molecule has 0 radical (unpaired) electrons. The van der Waals surface area contributed by atoms with Gasteiger partial charge in [0.05, 0.1) is 12.3 Å². The molecule has 0 saturated carbocycles. The molecule has 2 rings (SSSR count). The van der Waals surface area contributed by atoms with E-state index in [1.807, 2.05) is 0 Å². The van der Waals surface area contributed by atoms with E-state index < -0.39 is 10.0 Å². The number of carbonyl (C=O) groups excluding carboxylic acids is 1. The number of nitrogens with one attached hydrogen (secondary N) is 1. The van der Waals surface area contributed by atoms with Gasteiger partial charge in [-0.15, -0.1) is 0 Å². The third-order valence-corrected chi connectivity index (χ3v) is 4.37. The first-order valence-electron chi connectivity index (χ1n) is 6.26. The van der Waals surface area contributed by atoms with E-state index in [-0.39, 0.29) is 18.1 Å². The Morgan fingerprint density at radius 3 is 2.24 bits per heavy atom. The molecule has 6 heteroatoms. The van der Waals surface area contributed by atoms with Crippen LogP contribution in [0.25, 0.3) is 0 Å². The Kier molecular flexibility index (Phi) is 5.12. The maximum atomic E-state index is 11.9. The molecule has 0 aliphatic carbocycles. The molecule has 0 spiro atoms. The number of hydrogen-bond acceptors (Lipinski definition) is 3. The molecule has 0 aromatic heterocycles. The van der Waals surface area contributed by atoms with Gasteiger partial charge >= 0.3 is 0 Å². The fraction of sp³-hybridized carbons (Fsp3) is 0.133. The Bertz CT molecular complexity index is 712. The third kappa shape index (κ3) is 4.97. The Hall–Kier alpha value is -1.69. The number of ketones is 1. The average molecular weight is 324 g/mol. The van der Waals surface area contributed by atoms with Crippen LogP contribution in [0.15, 0.2) is 54.6 Å². The number of carbonyl (C=O) groups is 1. The van der Waals surface area contributed by atoms with Crippen molar-refractivity contribution in [2.45, 2.75) is 5.75 Å². The second-order valence-corrected chi connectivity index (χ2v) is 6.74. The summed E-state index contributed by atoms with van der Waals surface area (Å²) in [7, 11) is -3.56. The SMILES string of the molecule is O=C(CNS(=O)(=O)Cc1ccc(Cl)cc1)c1ccccc1. The molecule has 0 amide bonds. The van der Waals surface area contributed by atoms with Crippen molar-refractivity contribution in [3.8, 4) is 0 Å². The lowest BCUT2D eigenvalue weighted by Crippen LogP contribution is -2.30. The quantitative estimate of drug-likeness (QED) is 0.831. The molecule has 0 atom stereocenters. The molecule has 0 aliphatic rings. The summed E-state index contributed by atoms with van der Waals surface area (Å²) in [5.74, 6) is -0.457. The highest BCUT2D eigenvalue weighted by molar-refractivity contribution is 7.88. The van der Waals surface area contributed by atoms with Gasteiger partial charge in [-0.2, -0.15) is 0 Å². The van der Waals surface area contributed by atoms with Crippen molar-refractivity contribution in [2.75, 3.05) is 6.54 Å². The number of Topliss-reactive ketones (excluding diaryl/α,β-unsaturated/α-hetero) is 1. The monoisotopic (exact) mass is 323 g/mol. The van der Waals surface area contributed by atoms with Crippen LogP contribution in [-0.2, 0) is 15.8 Å². The van der Waals surface area contributed by atoms with Crippen LogP contribution in [0.4, 0.5) is 0 Å². The van der Waals surface area contributed by atoms with Gasteiger partial charge in [0.15, 0.2) is 5.78 Å². The molecule has 0 unspecified atom stereocenters. The molecule has 0 heterocycles. The number of benzene rings is 2. The van der Waals surface area contributed by atoms with E-state index in [9.17, 15) is 13.2 Å². The van der Waals surface area contributed by atoms with Crippen LogP contribution in [0.2, 0.25) is 5.02 Å². The first kappa shape index (κ1) is 15.7. The Morgan fingerprint density at radius 2 is 1.62 bits per heavy atom.